The fourth-order valence-corrected chi connectivity index (χ4v) is 3.69. The van der Waals surface area contributed by atoms with Crippen molar-refractivity contribution >= 4 is 44.1 Å². The van der Waals surface area contributed by atoms with Crippen LogP contribution in [0.25, 0.3) is 22.0 Å². The van der Waals surface area contributed by atoms with Gasteiger partial charge in [-0.1, -0.05) is 12.1 Å². The fraction of sp³-hybridized carbons (Fsp3) is 0.0455. The third-order valence-corrected chi connectivity index (χ3v) is 5.25. The molecule has 0 bridgehead atoms. The monoisotopic (exact) mass is 462 g/mol. The van der Waals surface area contributed by atoms with Crippen LogP contribution in [0.3, 0.4) is 0 Å². The Labute approximate surface area is 189 Å². The van der Waals surface area contributed by atoms with Crippen LogP contribution in [0, 0.1) is 0 Å². The molecule has 0 aliphatic heterocycles. The highest BCUT2D eigenvalue weighted by Crippen LogP contribution is 2.27. The fourth-order valence-electron chi connectivity index (χ4n) is 3.14. The maximum Gasteiger partial charge on any atom is 0.293 e. The molecular weight excluding hydrogens is 444 g/mol. The summed E-state index contributed by atoms with van der Waals surface area (Å²) in [5.41, 5.74) is 8.20. The molecule has 2 aromatic carbocycles. The first-order valence-electron chi connectivity index (χ1n) is 9.60. The summed E-state index contributed by atoms with van der Waals surface area (Å²) in [7, 11) is -3.46. The second-order valence-corrected chi connectivity index (χ2v) is 8.91. The van der Waals surface area contributed by atoms with E-state index >= 15 is 0 Å². The molecule has 0 spiro atoms. The first-order chi connectivity index (χ1) is 15.7. The van der Waals surface area contributed by atoms with Crippen LogP contribution in [0.15, 0.2) is 67.1 Å². The maximum absolute atomic E-state index is 12.9. The Bertz CT molecular complexity index is 1490. The molecule has 4 N–H and O–H groups in total. The van der Waals surface area contributed by atoms with Gasteiger partial charge in [0.1, 0.15) is 0 Å². The molecule has 0 unspecified atom stereocenters. The highest BCUT2D eigenvalue weighted by Gasteiger charge is 2.15. The lowest BCUT2D eigenvalue weighted by Crippen LogP contribution is -2.16. The maximum atomic E-state index is 12.9. The molecule has 2 heterocycles. The molecule has 0 fully saturated rings. The number of anilines is 2. The Morgan fingerprint density at radius 1 is 1.00 bits per heavy atom. The number of carbonyl (C=O) groups excluding carboxylic acids is 2. The Morgan fingerprint density at radius 2 is 1.76 bits per heavy atom. The van der Waals surface area contributed by atoms with E-state index in [0.29, 0.717) is 33.4 Å². The number of nitrogens with zero attached hydrogens (tertiary/aromatic N) is 3. The van der Waals surface area contributed by atoms with Gasteiger partial charge in [0.2, 0.25) is 21.8 Å². The van der Waals surface area contributed by atoms with Crippen LogP contribution in [-0.4, -0.2) is 41.4 Å². The summed E-state index contributed by atoms with van der Waals surface area (Å²) >= 11 is 0. The van der Waals surface area contributed by atoms with Crippen molar-refractivity contribution in [3.8, 4) is 11.1 Å². The number of aromatic nitrogens is 3. The molecule has 11 heteroatoms. The van der Waals surface area contributed by atoms with Crippen molar-refractivity contribution in [1.29, 1.82) is 0 Å². The van der Waals surface area contributed by atoms with Gasteiger partial charge in [-0.05, 0) is 42.0 Å². The molecule has 33 heavy (non-hydrogen) atoms. The van der Waals surface area contributed by atoms with Gasteiger partial charge in [-0.15, -0.1) is 0 Å². The highest BCUT2D eigenvalue weighted by atomic mass is 32.2. The molecule has 0 saturated carbocycles. The van der Waals surface area contributed by atoms with Crippen molar-refractivity contribution in [1.82, 2.24) is 15.0 Å². The smallest absolute Gasteiger partial charge is 0.293 e. The van der Waals surface area contributed by atoms with E-state index in [1.54, 1.807) is 48.7 Å². The van der Waals surface area contributed by atoms with Crippen molar-refractivity contribution in [2.24, 2.45) is 5.73 Å². The summed E-state index contributed by atoms with van der Waals surface area (Å²) in [5, 5.41) is 3.42. The minimum absolute atomic E-state index is 0.0918. The number of hydrogen-bond donors (Lipinski definition) is 3. The minimum Gasteiger partial charge on any atom is -0.366 e. The van der Waals surface area contributed by atoms with Gasteiger partial charge >= 0.3 is 0 Å². The zero-order valence-corrected chi connectivity index (χ0v) is 18.1. The summed E-state index contributed by atoms with van der Waals surface area (Å²) in [4.78, 5) is 36.7. The van der Waals surface area contributed by atoms with Gasteiger partial charge in [0.15, 0.2) is 0 Å². The van der Waals surface area contributed by atoms with Crippen LogP contribution in [-0.2, 0) is 10.0 Å². The van der Waals surface area contributed by atoms with E-state index in [1.165, 1.54) is 18.5 Å². The lowest BCUT2D eigenvalue weighted by Gasteiger charge is -2.11. The van der Waals surface area contributed by atoms with E-state index in [1.807, 2.05) is 0 Å². The zero-order valence-electron chi connectivity index (χ0n) is 17.3. The van der Waals surface area contributed by atoms with Gasteiger partial charge < -0.3 is 11.1 Å². The van der Waals surface area contributed by atoms with Crippen LogP contribution in [0.5, 0.6) is 0 Å². The van der Waals surface area contributed by atoms with Gasteiger partial charge in [0.25, 0.3) is 5.91 Å². The largest absolute Gasteiger partial charge is 0.366 e. The van der Waals surface area contributed by atoms with Crippen LogP contribution in [0.4, 0.5) is 11.4 Å². The third-order valence-electron chi connectivity index (χ3n) is 4.64. The molecule has 2 aromatic heterocycles. The molecule has 4 rings (SSSR count). The van der Waals surface area contributed by atoms with Crippen molar-refractivity contribution in [2.75, 3.05) is 16.3 Å². The molecule has 0 saturated heterocycles. The molecule has 166 valence electrons. The number of nitrogens with one attached hydrogen (secondary N) is 2. The quantitative estimate of drug-likeness (QED) is 0.397. The van der Waals surface area contributed by atoms with Crippen LogP contribution >= 0.6 is 0 Å². The summed E-state index contributed by atoms with van der Waals surface area (Å²) in [6, 6.07) is 13.0. The van der Waals surface area contributed by atoms with Gasteiger partial charge in [0.05, 0.1) is 23.1 Å². The standard InChI is InChI=1S/C22H18N6O4S/c1-33(31,32)28-16-7-6-15-11-25-21(26-19(15)10-16)22(30)27-18-8-9-24-12-17(18)13-2-4-14(5-3-13)20(23)29/h2-12,28H,1H3,(H2,23,29)(H,24,27,30). The summed E-state index contributed by atoms with van der Waals surface area (Å²) < 4.78 is 25.3. The normalized spacial score (nSPS) is 11.2. The second-order valence-electron chi connectivity index (χ2n) is 7.16. The minimum atomic E-state index is -3.46. The van der Waals surface area contributed by atoms with Gasteiger partial charge in [-0.25, -0.2) is 18.4 Å². The van der Waals surface area contributed by atoms with E-state index in [0.717, 1.165) is 11.8 Å². The predicted octanol–water partition coefficient (Wildman–Crippen LogP) is 2.41. The molecule has 0 atom stereocenters. The van der Waals surface area contributed by atoms with Crippen molar-refractivity contribution in [2.45, 2.75) is 0 Å². The number of hydrogen-bond acceptors (Lipinski definition) is 7. The summed E-state index contributed by atoms with van der Waals surface area (Å²) in [5.74, 6) is -1.19. The number of primary amides is 1. The van der Waals surface area contributed by atoms with Crippen LogP contribution < -0.4 is 15.8 Å². The number of nitrogens with two attached hydrogens (primary N) is 1. The Kier molecular flexibility index (Phi) is 5.71. The lowest BCUT2D eigenvalue weighted by molar-refractivity contribution is 0.0996. The number of sulfonamides is 1. The molecule has 0 aliphatic carbocycles. The van der Waals surface area contributed by atoms with E-state index in [-0.39, 0.29) is 5.82 Å². The van der Waals surface area contributed by atoms with E-state index < -0.39 is 21.8 Å². The zero-order chi connectivity index (χ0) is 23.6. The van der Waals surface area contributed by atoms with Crippen LogP contribution in [0.1, 0.15) is 21.0 Å². The van der Waals surface area contributed by atoms with Crippen LogP contribution in [0.2, 0.25) is 0 Å². The van der Waals surface area contributed by atoms with E-state index in [4.69, 9.17) is 5.73 Å². The summed E-state index contributed by atoms with van der Waals surface area (Å²) in [6.45, 7) is 0. The molecule has 10 nitrogen and oxygen atoms in total. The number of amides is 2. The molecule has 4 aromatic rings. The molecular formula is C22H18N6O4S. The number of rotatable bonds is 6. The van der Waals surface area contributed by atoms with Crippen molar-refractivity contribution in [3.05, 3.63) is 78.5 Å². The average Bonchev–Trinajstić information content (AvgIpc) is 2.78. The number of fused-ring (bicyclic) bond motifs is 1. The Balaban J connectivity index is 1.62. The first kappa shape index (κ1) is 21.8. The van der Waals surface area contributed by atoms with Crippen molar-refractivity contribution < 1.29 is 18.0 Å². The predicted molar refractivity (Wildman–Crippen MR) is 124 cm³/mol. The molecule has 0 aliphatic rings. The Morgan fingerprint density at radius 3 is 2.45 bits per heavy atom. The Hall–Kier alpha value is -4.38. The highest BCUT2D eigenvalue weighted by molar-refractivity contribution is 7.92. The number of pyridine rings is 1. The van der Waals surface area contributed by atoms with Gasteiger partial charge in [-0.3, -0.25) is 19.3 Å². The topological polar surface area (TPSA) is 157 Å². The van der Waals surface area contributed by atoms with E-state index in [2.05, 4.69) is 25.0 Å². The first-order valence-corrected chi connectivity index (χ1v) is 11.5. The summed E-state index contributed by atoms with van der Waals surface area (Å²) in [6.07, 6.45) is 5.64. The second kappa shape index (κ2) is 8.63. The number of benzene rings is 2. The SMILES string of the molecule is CS(=O)(=O)Nc1ccc2cnc(C(=O)Nc3ccncc3-c3ccc(C(N)=O)cc3)nc2c1. The van der Waals surface area contributed by atoms with Gasteiger partial charge in [-0.2, -0.15) is 0 Å². The third kappa shape index (κ3) is 5.10. The molecule has 2 amide bonds. The molecule has 0 radical (unpaired) electrons. The lowest BCUT2D eigenvalue weighted by atomic mass is 10.0. The van der Waals surface area contributed by atoms with E-state index in [9.17, 15) is 18.0 Å². The van der Waals surface area contributed by atoms with Crippen molar-refractivity contribution in [3.63, 3.8) is 0 Å². The van der Waals surface area contributed by atoms with Gasteiger partial charge in [0, 0.05) is 35.1 Å². The number of carbonyl (C=O) groups is 2. The average molecular weight is 462 g/mol.